The predicted octanol–water partition coefficient (Wildman–Crippen LogP) is 3.90. The largest absolute Gasteiger partial charge is 0.481 e. The van der Waals surface area contributed by atoms with E-state index >= 15 is 0 Å². The van der Waals surface area contributed by atoms with Crippen LogP contribution in [0.5, 0.6) is 5.75 Å². The second-order valence-electron chi connectivity index (χ2n) is 7.09. The van der Waals surface area contributed by atoms with Crippen molar-refractivity contribution in [2.24, 2.45) is 0 Å². The quantitative estimate of drug-likeness (QED) is 0.804. The highest BCUT2D eigenvalue weighted by atomic mass is 19.1. The van der Waals surface area contributed by atoms with Gasteiger partial charge in [-0.15, -0.1) is 0 Å². The van der Waals surface area contributed by atoms with Crippen LogP contribution in [0.3, 0.4) is 0 Å². The number of nitrogens with zero attached hydrogens (tertiary/aromatic N) is 1. The molecular formula is C22H27FN2O2. The number of carbonyl (C=O) groups excluding carboxylic acids is 1. The van der Waals surface area contributed by atoms with Gasteiger partial charge in [-0.1, -0.05) is 30.7 Å². The van der Waals surface area contributed by atoms with Gasteiger partial charge in [0.1, 0.15) is 11.6 Å². The number of benzene rings is 2. The van der Waals surface area contributed by atoms with E-state index in [-0.39, 0.29) is 11.7 Å². The van der Waals surface area contributed by atoms with Gasteiger partial charge in [0.2, 0.25) is 0 Å². The monoisotopic (exact) mass is 370 g/mol. The lowest BCUT2D eigenvalue weighted by molar-refractivity contribution is -0.127. The normalized spacial score (nSPS) is 15.9. The van der Waals surface area contributed by atoms with Crippen molar-refractivity contribution < 1.29 is 13.9 Å². The molecule has 1 aliphatic heterocycles. The van der Waals surface area contributed by atoms with Gasteiger partial charge in [0, 0.05) is 13.1 Å². The molecule has 1 amide bonds. The third-order valence-electron chi connectivity index (χ3n) is 4.84. The molecule has 1 fully saturated rings. The predicted molar refractivity (Wildman–Crippen MR) is 104 cm³/mol. The molecule has 1 aliphatic rings. The van der Waals surface area contributed by atoms with Crippen LogP contribution >= 0.6 is 0 Å². The molecule has 0 radical (unpaired) electrons. The summed E-state index contributed by atoms with van der Waals surface area (Å²) in [4.78, 5) is 14.7. The Labute approximate surface area is 160 Å². The first kappa shape index (κ1) is 19.4. The maximum atomic E-state index is 12.9. The van der Waals surface area contributed by atoms with Gasteiger partial charge in [0.25, 0.3) is 5.91 Å². The Bertz CT molecular complexity index is 725. The summed E-state index contributed by atoms with van der Waals surface area (Å²) in [5.41, 5.74) is 2.36. The van der Waals surface area contributed by atoms with Crippen molar-refractivity contribution in [3.8, 4) is 5.75 Å². The number of hydrogen-bond donors (Lipinski definition) is 1. The van der Waals surface area contributed by atoms with E-state index in [1.807, 2.05) is 0 Å². The van der Waals surface area contributed by atoms with E-state index in [4.69, 9.17) is 4.74 Å². The minimum Gasteiger partial charge on any atom is -0.481 e. The number of carbonyl (C=O) groups is 1. The SMILES string of the molecule is C[C@@H](Oc1ccc(F)cc1)C(=O)NCc1ccc(CN2CCCCC2)cc1. The zero-order valence-electron chi connectivity index (χ0n) is 15.8. The summed E-state index contributed by atoms with van der Waals surface area (Å²) in [5.74, 6) is -0.0546. The maximum absolute atomic E-state index is 12.9. The average Bonchev–Trinajstić information content (AvgIpc) is 2.69. The smallest absolute Gasteiger partial charge is 0.261 e. The summed E-state index contributed by atoms with van der Waals surface area (Å²) in [6, 6.07) is 14.0. The van der Waals surface area contributed by atoms with Crippen molar-refractivity contribution in [2.75, 3.05) is 13.1 Å². The molecular weight excluding hydrogens is 343 g/mol. The Morgan fingerprint density at radius 1 is 1.04 bits per heavy atom. The van der Waals surface area contributed by atoms with Gasteiger partial charge >= 0.3 is 0 Å². The van der Waals surface area contributed by atoms with Gasteiger partial charge in [-0.2, -0.15) is 0 Å². The van der Waals surface area contributed by atoms with Crippen molar-refractivity contribution in [3.63, 3.8) is 0 Å². The lowest BCUT2D eigenvalue weighted by Crippen LogP contribution is -2.35. The highest BCUT2D eigenvalue weighted by Gasteiger charge is 2.14. The standard InChI is InChI=1S/C22H27FN2O2/c1-17(27-21-11-9-20(23)10-12-21)22(26)24-15-18-5-7-19(8-6-18)16-25-13-3-2-4-14-25/h5-12,17H,2-4,13-16H2,1H3,(H,24,26)/t17-/m1/s1. The molecule has 144 valence electrons. The summed E-state index contributed by atoms with van der Waals surface area (Å²) >= 11 is 0. The van der Waals surface area contributed by atoms with Crippen LogP contribution < -0.4 is 10.1 Å². The first-order valence-electron chi connectivity index (χ1n) is 9.60. The number of piperidine rings is 1. The third-order valence-corrected chi connectivity index (χ3v) is 4.84. The molecule has 0 aliphatic carbocycles. The molecule has 0 unspecified atom stereocenters. The number of nitrogens with one attached hydrogen (secondary N) is 1. The summed E-state index contributed by atoms with van der Waals surface area (Å²) in [7, 11) is 0. The molecule has 3 rings (SSSR count). The molecule has 0 saturated carbocycles. The lowest BCUT2D eigenvalue weighted by Gasteiger charge is -2.26. The van der Waals surface area contributed by atoms with E-state index < -0.39 is 6.10 Å². The molecule has 0 aromatic heterocycles. The molecule has 1 heterocycles. The van der Waals surface area contributed by atoms with Crippen molar-refractivity contribution in [1.29, 1.82) is 0 Å². The Kier molecular flexibility index (Phi) is 6.82. The van der Waals surface area contributed by atoms with Gasteiger partial charge in [0.15, 0.2) is 6.10 Å². The minimum atomic E-state index is -0.645. The fourth-order valence-electron chi connectivity index (χ4n) is 3.24. The molecule has 2 aromatic carbocycles. The van der Waals surface area contributed by atoms with E-state index in [0.717, 1.165) is 12.1 Å². The van der Waals surface area contributed by atoms with E-state index in [1.165, 1.54) is 62.2 Å². The number of halogens is 1. The van der Waals surface area contributed by atoms with Gasteiger partial charge in [-0.25, -0.2) is 4.39 Å². The molecule has 0 spiro atoms. The van der Waals surface area contributed by atoms with Crippen LogP contribution in [-0.4, -0.2) is 30.0 Å². The first-order valence-corrected chi connectivity index (χ1v) is 9.60. The zero-order valence-corrected chi connectivity index (χ0v) is 15.8. The molecule has 4 nitrogen and oxygen atoms in total. The Hall–Kier alpha value is -2.40. The molecule has 0 bridgehead atoms. The van der Waals surface area contributed by atoms with Gasteiger partial charge in [-0.05, 0) is 68.2 Å². The van der Waals surface area contributed by atoms with E-state index in [0.29, 0.717) is 12.3 Å². The van der Waals surface area contributed by atoms with Crippen LogP contribution in [0.15, 0.2) is 48.5 Å². The van der Waals surface area contributed by atoms with E-state index in [9.17, 15) is 9.18 Å². The second kappa shape index (κ2) is 9.51. The zero-order chi connectivity index (χ0) is 19.1. The highest BCUT2D eigenvalue weighted by molar-refractivity contribution is 5.80. The van der Waals surface area contributed by atoms with Crippen molar-refractivity contribution >= 4 is 5.91 Å². The van der Waals surface area contributed by atoms with Crippen molar-refractivity contribution in [1.82, 2.24) is 10.2 Å². The Balaban J connectivity index is 1.44. The molecule has 1 N–H and O–H groups in total. The summed E-state index contributed by atoms with van der Waals surface area (Å²) < 4.78 is 18.5. The maximum Gasteiger partial charge on any atom is 0.261 e. The van der Waals surface area contributed by atoms with Crippen molar-refractivity contribution in [2.45, 2.75) is 45.4 Å². The number of amides is 1. The lowest BCUT2D eigenvalue weighted by atomic mass is 10.1. The summed E-state index contributed by atoms with van der Waals surface area (Å²) in [5, 5.41) is 2.88. The Morgan fingerprint density at radius 2 is 1.67 bits per heavy atom. The summed E-state index contributed by atoms with van der Waals surface area (Å²) in [6.45, 7) is 5.50. The van der Waals surface area contributed by atoms with Crippen LogP contribution in [-0.2, 0) is 17.9 Å². The topological polar surface area (TPSA) is 41.6 Å². The van der Waals surface area contributed by atoms with Crippen LogP contribution in [0.2, 0.25) is 0 Å². The van der Waals surface area contributed by atoms with Crippen LogP contribution in [0.25, 0.3) is 0 Å². The third kappa shape index (κ3) is 6.07. The highest BCUT2D eigenvalue weighted by Crippen LogP contribution is 2.15. The number of likely N-dealkylation sites (tertiary alicyclic amines) is 1. The van der Waals surface area contributed by atoms with Crippen LogP contribution in [0.1, 0.15) is 37.3 Å². The van der Waals surface area contributed by atoms with Gasteiger partial charge in [-0.3, -0.25) is 9.69 Å². The molecule has 5 heteroatoms. The number of rotatable bonds is 7. The molecule has 1 atom stereocenters. The van der Waals surface area contributed by atoms with Crippen molar-refractivity contribution in [3.05, 3.63) is 65.5 Å². The van der Waals surface area contributed by atoms with Gasteiger partial charge in [0.05, 0.1) is 0 Å². The summed E-state index contributed by atoms with van der Waals surface area (Å²) in [6.07, 6.45) is 3.29. The Morgan fingerprint density at radius 3 is 2.33 bits per heavy atom. The minimum absolute atomic E-state index is 0.197. The first-order chi connectivity index (χ1) is 13.1. The molecule has 2 aromatic rings. The number of hydrogen-bond acceptors (Lipinski definition) is 3. The molecule has 27 heavy (non-hydrogen) atoms. The molecule has 1 saturated heterocycles. The number of ether oxygens (including phenoxy) is 1. The van der Waals surface area contributed by atoms with E-state index in [2.05, 4.69) is 34.5 Å². The van der Waals surface area contributed by atoms with Gasteiger partial charge < -0.3 is 10.1 Å². The average molecular weight is 370 g/mol. The van der Waals surface area contributed by atoms with E-state index in [1.54, 1.807) is 6.92 Å². The van der Waals surface area contributed by atoms with Crippen LogP contribution in [0.4, 0.5) is 4.39 Å². The van der Waals surface area contributed by atoms with Crippen LogP contribution in [0, 0.1) is 5.82 Å². The fourth-order valence-corrected chi connectivity index (χ4v) is 3.24. The fraction of sp³-hybridized carbons (Fsp3) is 0.409. The second-order valence-corrected chi connectivity index (χ2v) is 7.09.